The molecule has 31 heavy (non-hydrogen) atoms. The Morgan fingerprint density at radius 3 is 2.26 bits per heavy atom. The van der Waals surface area contributed by atoms with Crippen molar-refractivity contribution in [3.05, 3.63) is 94.9 Å². The molecule has 0 fully saturated rings. The highest BCUT2D eigenvalue weighted by atomic mass is 16.5. The van der Waals surface area contributed by atoms with Gasteiger partial charge in [0.1, 0.15) is 11.5 Å². The summed E-state index contributed by atoms with van der Waals surface area (Å²) in [7, 11) is 0. The van der Waals surface area contributed by atoms with E-state index in [9.17, 15) is 9.59 Å². The predicted molar refractivity (Wildman–Crippen MR) is 122 cm³/mol. The number of aryl methyl sites for hydroxylation is 1. The minimum absolute atomic E-state index is 0.178. The zero-order valence-corrected chi connectivity index (χ0v) is 17.2. The number of hydrogen-bond acceptors (Lipinski definition) is 4. The summed E-state index contributed by atoms with van der Waals surface area (Å²) in [5.41, 5.74) is 0.668. The van der Waals surface area contributed by atoms with Gasteiger partial charge in [0.15, 0.2) is 5.69 Å². The monoisotopic (exact) mass is 413 g/mol. The number of carbonyl (C=O) groups is 1. The largest absolute Gasteiger partial charge is 0.457 e. The molecule has 1 aromatic heterocycles. The molecule has 3 aromatic carbocycles. The molecule has 0 atom stereocenters. The molecule has 156 valence electrons. The van der Waals surface area contributed by atoms with Crippen molar-refractivity contribution >= 4 is 22.4 Å². The number of rotatable bonds is 7. The average Bonchev–Trinajstić information content (AvgIpc) is 2.81. The van der Waals surface area contributed by atoms with Crippen molar-refractivity contribution in [2.45, 2.75) is 26.3 Å². The van der Waals surface area contributed by atoms with Gasteiger partial charge in [-0.15, -0.1) is 0 Å². The lowest BCUT2D eigenvalue weighted by atomic mass is 10.1. The summed E-state index contributed by atoms with van der Waals surface area (Å²) >= 11 is 0. The van der Waals surface area contributed by atoms with Crippen LogP contribution in [-0.4, -0.2) is 15.7 Å². The van der Waals surface area contributed by atoms with Crippen LogP contribution in [0.5, 0.6) is 11.5 Å². The first kappa shape index (κ1) is 20.3. The molecule has 0 unspecified atom stereocenters. The van der Waals surface area contributed by atoms with Crippen LogP contribution in [0.1, 0.15) is 30.3 Å². The quantitative estimate of drug-likeness (QED) is 0.450. The molecular weight excluding hydrogens is 390 g/mol. The molecule has 4 rings (SSSR count). The first-order chi connectivity index (χ1) is 15.2. The summed E-state index contributed by atoms with van der Waals surface area (Å²) in [5.74, 6) is 1.04. The fourth-order valence-corrected chi connectivity index (χ4v) is 3.28. The predicted octanol–water partition coefficient (Wildman–Crippen LogP) is 5.24. The summed E-state index contributed by atoms with van der Waals surface area (Å²) in [6.07, 6.45) is 1.75. The molecule has 0 saturated carbocycles. The van der Waals surface area contributed by atoms with Crippen molar-refractivity contribution in [1.82, 2.24) is 9.78 Å². The van der Waals surface area contributed by atoms with Crippen LogP contribution in [0.25, 0.3) is 10.8 Å². The van der Waals surface area contributed by atoms with Gasteiger partial charge in [0.05, 0.1) is 5.39 Å². The van der Waals surface area contributed by atoms with Crippen LogP contribution in [0.4, 0.5) is 5.69 Å². The topological polar surface area (TPSA) is 73.2 Å². The van der Waals surface area contributed by atoms with Gasteiger partial charge in [-0.3, -0.25) is 9.59 Å². The number of anilines is 1. The number of para-hydroxylation sites is 1. The number of carbonyl (C=O) groups excluding carboxylic acids is 1. The van der Waals surface area contributed by atoms with Gasteiger partial charge in [-0.25, -0.2) is 4.68 Å². The standard InChI is InChI=1S/C25H23N3O3/c1-2-3-17-28-25(30)22-12-8-7-11-21(22)23(27-28)24(29)26-18-13-15-20(16-14-18)31-19-9-5-4-6-10-19/h4-16H,2-3,17H2,1H3,(H,26,29). The highest BCUT2D eigenvalue weighted by molar-refractivity contribution is 6.11. The minimum Gasteiger partial charge on any atom is -0.457 e. The third-order valence-corrected chi connectivity index (χ3v) is 4.90. The van der Waals surface area contributed by atoms with Gasteiger partial charge in [0.2, 0.25) is 0 Å². The molecule has 0 saturated heterocycles. The Hall–Kier alpha value is -3.93. The summed E-state index contributed by atoms with van der Waals surface area (Å²) in [4.78, 5) is 25.7. The fraction of sp³-hybridized carbons (Fsp3) is 0.160. The fourth-order valence-electron chi connectivity index (χ4n) is 3.28. The maximum Gasteiger partial charge on any atom is 0.276 e. The molecule has 0 aliphatic carbocycles. The molecule has 1 N–H and O–H groups in total. The molecule has 0 radical (unpaired) electrons. The van der Waals surface area contributed by atoms with Gasteiger partial charge < -0.3 is 10.1 Å². The number of nitrogens with zero attached hydrogens (tertiary/aromatic N) is 2. The van der Waals surface area contributed by atoms with Crippen LogP contribution in [0, 0.1) is 0 Å². The summed E-state index contributed by atoms with van der Waals surface area (Å²) in [5, 5.41) is 8.28. The molecular formula is C25H23N3O3. The van der Waals surface area contributed by atoms with Gasteiger partial charge in [0, 0.05) is 17.6 Å². The van der Waals surface area contributed by atoms with Crippen molar-refractivity contribution in [3.8, 4) is 11.5 Å². The molecule has 6 nitrogen and oxygen atoms in total. The van der Waals surface area contributed by atoms with Gasteiger partial charge in [0.25, 0.3) is 11.5 Å². The number of benzene rings is 3. The maximum absolute atomic E-state index is 13.0. The van der Waals surface area contributed by atoms with Gasteiger partial charge in [-0.2, -0.15) is 5.10 Å². The molecule has 0 spiro atoms. The minimum atomic E-state index is -0.363. The van der Waals surface area contributed by atoms with Crippen molar-refractivity contribution in [3.63, 3.8) is 0 Å². The van der Waals surface area contributed by atoms with Crippen LogP contribution in [0.3, 0.4) is 0 Å². The van der Waals surface area contributed by atoms with E-state index >= 15 is 0 Å². The SMILES string of the molecule is CCCCn1nc(C(=O)Nc2ccc(Oc3ccccc3)cc2)c2ccccc2c1=O. The Morgan fingerprint density at radius 2 is 1.55 bits per heavy atom. The number of nitrogens with one attached hydrogen (secondary N) is 1. The molecule has 6 heteroatoms. The summed E-state index contributed by atoms with van der Waals surface area (Å²) in [6.45, 7) is 2.52. The van der Waals surface area contributed by atoms with E-state index in [-0.39, 0.29) is 17.2 Å². The number of unbranched alkanes of at least 4 members (excludes halogenated alkanes) is 1. The zero-order chi connectivity index (χ0) is 21.6. The van der Waals surface area contributed by atoms with E-state index in [0.29, 0.717) is 28.8 Å². The second-order valence-corrected chi connectivity index (χ2v) is 7.17. The number of hydrogen-bond donors (Lipinski definition) is 1. The van der Waals surface area contributed by atoms with E-state index in [1.807, 2.05) is 37.3 Å². The van der Waals surface area contributed by atoms with Crippen molar-refractivity contribution in [1.29, 1.82) is 0 Å². The number of aromatic nitrogens is 2. The number of fused-ring (bicyclic) bond motifs is 1. The lowest BCUT2D eigenvalue weighted by Crippen LogP contribution is -2.27. The molecule has 4 aromatic rings. The maximum atomic E-state index is 13.0. The molecule has 0 bridgehead atoms. The van der Waals surface area contributed by atoms with Crippen molar-refractivity contribution in [2.75, 3.05) is 5.32 Å². The Morgan fingerprint density at radius 1 is 0.903 bits per heavy atom. The highest BCUT2D eigenvalue weighted by Crippen LogP contribution is 2.23. The zero-order valence-electron chi connectivity index (χ0n) is 17.2. The number of amides is 1. The summed E-state index contributed by atoms with van der Waals surface area (Å²) in [6, 6.07) is 23.7. The highest BCUT2D eigenvalue weighted by Gasteiger charge is 2.16. The lowest BCUT2D eigenvalue weighted by molar-refractivity contribution is 0.102. The van der Waals surface area contributed by atoms with Crippen LogP contribution in [-0.2, 0) is 6.54 Å². The van der Waals surface area contributed by atoms with E-state index < -0.39 is 0 Å². The number of ether oxygens (including phenoxy) is 1. The first-order valence-corrected chi connectivity index (χ1v) is 10.3. The van der Waals surface area contributed by atoms with Crippen molar-refractivity contribution < 1.29 is 9.53 Å². The van der Waals surface area contributed by atoms with E-state index in [2.05, 4.69) is 10.4 Å². The van der Waals surface area contributed by atoms with Crippen LogP contribution >= 0.6 is 0 Å². The Labute approximate surface area is 180 Å². The molecule has 1 amide bonds. The second-order valence-electron chi connectivity index (χ2n) is 7.17. The molecule has 1 heterocycles. The Kier molecular flexibility index (Phi) is 6.08. The van der Waals surface area contributed by atoms with Crippen molar-refractivity contribution in [2.24, 2.45) is 0 Å². The third kappa shape index (κ3) is 4.64. The van der Waals surface area contributed by atoms with Gasteiger partial charge in [-0.1, -0.05) is 49.7 Å². The average molecular weight is 413 g/mol. The first-order valence-electron chi connectivity index (χ1n) is 10.3. The van der Waals surface area contributed by atoms with Gasteiger partial charge in [-0.05, 0) is 48.9 Å². The van der Waals surface area contributed by atoms with Crippen LogP contribution in [0.2, 0.25) is 0 Å². The lowest BCUT2D eigenvalue weighted by Gasteiger charge is -2.11. The van der Waals surface area contributed by atoms with E-state index in [1.54, 1.807) is 48.5 Å². The molecule has 0 aliphatic heterocycles. The Bertz CT molecular complexity index is 1250. The normalized spacial score (nSPS) is 10.7. The summed E-state index contributed by atoms with van der Waals surface area (Å²) < 4.78 is 7.17. The van der Waals surface area contributed by atoms with E-state index in [4.69, 9.17) is 4.74 Å². The van der Waals surface area contributed by atoms with Crippen LogP contribution in [0.15, 0.2) is 83.7 Å². The van der Waals surface area contributed by atoms with E-state index in [1.165, 1.54) is 4.68 Å². The smallest absolute Gasteiger partial charge is 0.276 e. The van der Waals surface area contributed by atoms with Crippen LogP contribution < -0.4 is 15.6 Å². The third-order valence-electron chi connectivity index (χ3n) is 4.90. The molecule has 0 aliphatic rings. The van der Waals surface area contributed by atoms with E-state index in [0.717, 1.165) is 18.6 Å². The Balaban J connectivity index is 1.58. The van der Waals surface area contributed by atoms with Gasteiger partial charge >= 0.3 is 0 Å². The second kappa shape index (κ2) is 9.26.